The van der Waals surface area contributed by atoms with E-state index in [1.54, 1.807) is 0 Å². The third-order valence-electron chi connectivity index (χ3n) is 3.15. The monoisotopic (exact) mass is 233 g/mol. The molecule has 0 amide bonds. The van der Waals surface area contributed by atoms with E-state index in [0.29, 0.717) is 0 Å². The fraction of sp³-hybridized carbons (Fsp3) is 0.889. The molecule has 2 aliphatic rings. The summed E-state index contributed by atoms with van der Waals surface area (Å²) in [5.74, 6) is -0.942. The van der Waals surface area contributed by atoms with Crippen LogP contribution in [0.15, 0.2) is 0 Å². The minimum absolute atomic E-state index is 0.0149. The molecule has 1 aliphatic carbocycles. The van der Waals surface area contributed by atoms with E-state index in [2.05, 4.69) is 5.32 Å². The number of sulfone groups is 1. The van der Waals surface area contributed by atoms with Crippen molar-refractivity contribution in [3.63, 3.8) is 0 Å². The third kappa shape index (κ3) is 2.31. The molecule has 2 fully saturated rings. The number of rotatable bonds is 3. The van der Waals surface area contributed by atoms with Crippen LogP contribution in [0.5, 0.6) is 0 Å². The Morgan fingerprint density at radius 3 is 2.20 bits per heavy atom. The fourth-order valence-corrected chi connectivity index (χ4v) is 3.45. The Hall–Kier alpha value is -0.620. The summed E-state index contributed by atoms with van der Waals surface area (Å²) >= 11 is 0. The zero-order chi connectivity index (χ0) is 11.1. The Morgan fingerprint density at radius 2 is 1.80 bits per heavy atom. The topological polar surface area (TPSA) is 83.5 Å². The van der Waals surface area contributed by atoms with Crippen molar-refractivity contribution >= 4 is 15.8 Å². The average molecular weight is 233 g/mol. The first-order valence-corrected chi connectivity index (χ1v) is 6.97. The molecule has 86 valence electrons. The van der Waals surface area contributed by atoms with Gasteiger partial charge in [0.2, 0.25) is 0 Å². The summed E-state index contributed by atoms with van der Waals surface area (Å²) in [6, 6.07) is 0.280. The molecule has 15 heavy (non-hydrogen) atoms. The highest BCUT2D eigenvalue weighted by Crippen LogP contribution is 2.30. The molecule has 0 aromatic rings. The molecule has 0 aromatic carbocycles. The van der Waals surface area contributed by atoms with Gasteiger partial charge in [0.1, 0.15) is 15.4 Å². The Balaban J connectivity index is 2.10. The van der Waals surface area contributed by atoms with E-state index in [-0.39, 0.29) is 30.4 Å². The van der Waals surface area contributed by atoms with Crippen molar-refractivity contribution in [3.05, 3.63) is 0 Å². The van der Waals surface area contributed by atoms with Gasteiger partial charge in [-0.05, 0) is 25.7 Å². The lowest BCUT2D eigenvalue weighted by molar-refractivity contribution is -0.145. The molecule has 0 unspecified atom stereocenters. The SMILES string of the molecule is O=C(O)C1(NC2CC2)CCS(=O)(=O)CC1. The van der Waals surface area contributed by atoms with Crippen molar-refractivity contribution in [2.45, 2.75) is 37.3 Å². The summed E-state index contributed by atoms with van der Waals surface area (Å²) < 4.78 is 22.5. The lowest BCUT2D eigenvalue weighted by Crippen LogP contribution is -2.57. The summed E-state index contributed by atoms with van der Waals surface area (Å²) in [5.41, 5.74) is -0.994. The molecule has 1 aliphatic heterocycles. The number of carbonyl (C=O) groups is 1. The molecular formula is C9H15NO4S. The van der Waals surface area contributed by atoms with Gasteiger partial charge in [0.05, 0.1) is 11.5 Å². The predicted molar refractivity (Wildman–Crippen MR) is 54.4 cm³/mol. The van der Waals surface area contributed by atoms with E-state index >= 15 is 0 Å². The maximum Gasteiger partial charge on any atom is 0.323 e. The van der Waals surface area contributed by atoms with E-state index in [4.69, 9.17) is 0 Å². The first-order chi connectivity index (χ1) is 6.94. The quantitative estimate of drug-likeness (QED) is 0.703. The molecule has 5 nitrogen and oxygen atoms in total. The molecule has 0 spiro atoms. The smallest absolute Gasteiger partial charge is 0.323 e. The van der Waals surface area contributed by atoms with E-state index in [1.165, 1.54) is 0 Å². The fourth-order valence-electron chi connectivity index (χ4n) is 1.92. The summed E-state index contributed by atoms with van der Waals surface area (Å²) in [7, 11) is -3.01. The van der Waals surface area contributed by atoms with Gasteiger partial charge >= 0.3 is 5.97 Å². The van der Waals surface area contributed by atoms with E-state index < -0.39 is 21.3 Å². The van der Waals surface area contributed by atoms with Crippen molar-refractivity contribution in [2.24, 2.45) is 0 Å². The molecule has 2 rings (SSSR count). The molecule has 1 heterocycles. The zero-order valence-electron chi connectivity index (χ0n) is 8.40. The van der Waals surface area contributed by atoms with Crippen molar-refractivity contribution in [1.29, 1.82) is 0 Å². The summed E-state index contributed by atoms with van der Waals surface area (Å²) in [6.45, 7) is 0. The minimum Gasteiger partial charge on any atom is -0.480 e. The second kappa shape index (κ2) is 3.45. The molecule has 0 bridgehead atoms. The lowest BCUT2D eigenvalue weighted by atomic mass is 9.92. The number of hydrogen-bond donors (Lipinski definition) is 2. The Bertz CT molecular complexity index is 358. The number of hydrogen-bond acceptors (Lipinski definition) is 4. The summed E-state index contributed by atoms with van der Waals surface area (Å²) in [5, 5.41) is 12.3. The lowest BCUT2D eigenvalue weighted by Gasteiger charge is -2.34. The van der Waals surface area contributed by atoms with Gasteiger partial charge < -0.3 is 5.11 Å². The highest BCUT2D eigenvalue weighted by Gasteiger charge is 2.46. The third-order valence-corrected chi connectivity index (χ3v) is 4.80. The van der Waals surface area contributed by atoms with Crippen LogP contribution in [0, 0.1) is 0 Å². The van der Waals surface area contributed by atoms with Crippen molar-refractivity contribution in [1.82, 2.24) is 5.32 Å². The van der Waals surface area contributed by atoms with Crippen LogP contribution in [0.4, 0.5) is 0 Å². The normalized spacial score (nSPS) is 28.5. The first-order valence-electron chi connectivity index (χ1n) is 5.15. The van der Waals surface area contributed by atoms with Crippen LogP contribution in [-0.2, 0) is 14.6 Å². The van der Waals surface area contributed by atoms with Crippen molar-refractivity contribution < 1.29 is 18.3 Å². The number of aliphatic carboxylic acids is 1. The van der Waals surface area contributed by atoms with Gasteiger partial charge in [-0.1, -0.05) is 0 Å². The van der Waals surface area contributed by atoms with Crippen LogP contribution in [0.25, 0.3) is 0 Å². The van der Waals surface area contributed by atoms with Gasteiger partial charge in [0.15, 0.2) is 0 Å². The van der Waals surface area contributed by atoms with Crippen LogP contribution in [0.1, 0.15) is 25.7 Å². The highest BCUT2D eigenvalue weighted by atomic mass is 32.2. The van der Waals surface area contributed by atoms with Gasteiger partial charge in [-0.3, -0.25) is 10.1 Å². The predicted octanol–water partition coefficient (Wildman–Crippen LogP) is -0.230. The Labute approximate surface area is 88.8 Å². The maximum absolute atomic E-state index is 11.2. The molecule has 1 saturated heterocycles. The highest BCUT2D eigenvalue weighted by molar-refractivity contribution is 7.91. The Kier molecular flexibility index (Phi) is 2.50. The van der Waals surface area contributed by atoms with Crippen molar-refractivity contribution in [3.8, 4) is 0 Å². The molecule has 0 radical (unpaired) electrons. The van der Waals surface area contributed by atoms with Crippen LogP contribution in [0.3, 0.4) is 0 Å². The molecule has 0 atom stereocenters. The molecule has 6 heteroatoms. The van der Waals surface area contributed by atoms with Crippen LogP contribution < -0.4 is 5.32 Å². The number of nitrogens with one attached hydrogen (secondary N) is 1. The molecule has 1 saturated carbocycles. The van der Waals surface area contributed by atoms with Gasteiger partial charge in [-0.25, -0.2) is 8.42 Å². The molecular weight excluding hydrogens is 218 g/mol. The largest absolute Gasteiger partial charge is 0.480 e. The summed E-state index contributed by atoms with van der Waals surface area (Å²) in [6.07, 6.45) is 2.39. The van der Waals surface area contributed by atoms with Gasteiger partial charge in [-0.2, -0.15) is 0 Å². The second-order valence-corrected chi connectivity index (χ2v) is 6.76. The number of carboxylic acids is 1. The van der Waals surface area contributed by atoms with Gasteiger partial charge in [0, 0.05) is 6.04 Å². The first kappa shape index (κ1) is 10.9. The molecule has 0 aromatic heterocycles. The van der Waals surface area contributed by atoms with Gasteiger partial charge in [-0.15, -0.1) is 0 Å². The van der Waals surface area contributed by atoms with E-state index in [0.717, 1.165) is 12.8 Å². The minimum atomic E-state index is -3.01. The van der Waals surface area contributed by atoms with Crippen molar-refractivity contribution in [2.75, 3.05) is 11.5 Å². The van der Waals surface area contributed by atoms with Crippen LogP contribution >= 0.6 is 0 Å². The zero-order valence-corrected chi connectivity index (χ0v) is 9.22. The van der Waals surface area contributed by atoms with Crippen LogP contribution in [-0.4, -0.2) is 42.6 Å². The summed E-state index contributed by atoms with van der Waals surface area (Å²) in [4.78, 5) is 11.2. The number of carboxylic acid groups (broad SMARTS) is 1. The van der Waals surface area contributed by atoms with E-state index in [9.17, 15) is 18.3 Å². The van der Waals surface area contributed by atoms with Crippen LogP contribution in [0.2, 0.25) is 0 Å². The second-order valence-electron chi connectivity index (χ2n) is 4.46. The maximum atomic E-state index is 11.2. The Morgan fingerprint density at radius 1 is 1.27 bits per heavy atom. The van der Waals surface area contributed by atoms with Gasteiger partial charge in [0.25, 0.3) is 0 Å². The molecule has 2 N–H and O–H groups in total. The standard InChI is InChI=1S/C9H15NO4S/c11-8(12)9(10-7-1-2-7)3-5-15(13,14)6-4-9/h7,10H,1-6H2,(H,11,12). The average Bonchev–Trinajstić information content (AvgIpc) is 2.92. The van der Waals surface area contributed by atoms with E-state index in [1.807, 2.05) is 0 Å².